The van der Waals surface area contributed by atoms with Gasteiger partial charge >= 0.3 is 11.9 Å². The second-order valence-corrected chi connectivity index (χ2v) is 5.37. The Labute approximate surface area is 131 Å². The van der Waals surface area contributed by atoms with Crippen LogP contribution < -0.4 is 0 Å². The van der Waals surface area contributed by atoms with Crippen molar-refractivity contribution in [1.29, 1.82) is 0 Å². The molecule has 0 aliphatic carbocycles. The van der Waals surface area contributed by atoms with E-state index in [0.717, 1.165) is 19.3 Å². The average Bonchev–Trinajstić information content (AvgIpc) is 2.49. The first-order chi connectivity index (χ1) is 10.4. The Morgan fingerprint density at radius 1 is 0.955 bits per heavy atom. The SMILES string of the molecule is CCCCC(C(=O)OOC(=O)C(C)O)C(O)CCCCCO. The summed E-state index contributed by atoms with van der Waals surface area (Å²) in [5.74, 6) is -2.63. The van der Waals surface area contributed by atoms with Gasteiger partial charge in [0.15, 0.2) is 6.10 Å². The zero-order chi connectivity index (χ0) is 17.0. The summed E-state index contributed by atoms with van der Waals surface area (Å²) in [7, 11) is 0. The minimum atomic E-state index is -1.38. The average molecular weight is 320 g/mol. The first-order valence-corrected chi connectivity index (χ1v) is 7.83. The van der Waals surface area contributed by atoms with E-state index in [1.54, 1.807) is 0 Å². The maximum absolute atomic E-state index is 11.9. The van der Waals surface area contributed by atoms with E-state index < -0.39 is 30.1 Å². The first-order valence-electron chi connectivity index (χ1n) is 7.83. The molecule has 0 aliphatic heterocycles. The van der Waals surface area contributed by atoms with E-state index in [4.69, 9.17) is 10.2 Å². The van der Waals surface area contributed by atoms with Gasteiger partial charge in [-0.05, 0) is 26.2 Å². The number of aliphatic hydroxyl groups excluding tert-OH is 3. The number of hydrogen-bond acceptors (Lipinski definition) is 7. The molecule has 0 amide bonds. The zero-order valence-electron chi connectivity index (χ0n) is 13.4. The van der Waals surface area contributed by atoms with Crippen molar-refractivity contribution in [3.8, 4) is 0 Å². The third-order valence-electron chi connectivity index (χ3n) is 3.34. The van der Waals surface area contributed by atoms with Gasteiger partial charge < -0.3 is 15.3 Å². The largest absolute Gasteiger partial charge is 0.396 e. The number of hydrogen-bond donors (Lipinski definition) is 3. The molecule has 0 aromatic heterocycles. The van der Waals surface area contributed by atoms with Gasteiger partial charge in [0.05, 0.1) is 12.0 Å². The summed E-state index contributed by atoms with van der Waals surface area (Å²) >= 11 is 0. The Morgan fingerprint density at radius 2 is 1.59 bits per heavy atom. The molecule has 0 spiro atoms. The molecule has 0 bridgehead atoms. The highest BCUT2D eigenvalue weighted by Gasteiger charge is 2.29. The van der Waals surface area contributed by atoms with Crippen LogP contribution in [0.25, 0.3) is 0 Å². The highest BCUT2D eigenvalue weighted by atomic mass is 17.2. The molecular weight excluding hydrogens is 292 g/mol. The van der Waals surface area contributed by atoms with Gasteiger partial charge in [-0.2, -0.15) is 0 Å². The summed E-state index contributed by atoms with van der Waals surface area (Å²) < 4.78 is 0. The van der Waals surface area contributed by atoms with E-state index in [-0.39, 0.29) is 6.61 Å². The van der Waals surface area contributed by atoms with E-state index in [0.29, 0.717) is 25.7 Å². The number of rotatable bonds is 11. The van der Waals surface area contributed by atoms with Gasteiger partial charge in [0, 0.05) is 6.61 Å². The van der Waals surface area contributed by atoms with E-state index in [1.165, 1.54) is 6.92 Å². The molecule has 3 unspecified atom stereocenters. The molecule has 0 aliphatic rings. The third-order valence-corrected chi connectivity index (χ3v) is 3.34. The molecule has 7 nitrogen and oxygen atoms in total. The van der Waals surface area contributed by atoms with Crippen molar-refractivity contribution in [3.63, 3.8) is 0 Å². The van der Waals surface area contributed by atoms with E-state index >= 15 is 0 Å². The lowest BCUT2D eigenvalue weighted by Gasteiger charge is -2.20. The normalized spacial score (nSPS) is 15.0. The minimum absolute atomic E-state index is 0.104. The fraction of sp³-hybridized carbons (Fsp3) is 0.867. The fourth-order valence-corrected chi connectivity index (χ4v) is 1.95. The van der Waals surface area contributed by atoms with Crippen molar-refractivity contribution < 1.29 is 34.7 Å². The van der Waals surface area contributed by atoms with Crippen molar-refractivity contribution in [1.82, 2.24) is 0 Å². The lowest BCUT2D eigenvalue weighted by Crippen LogP contribution is -2.32. The number of unbranched alkanes of at least 4 members (excludes halogenated alkanes) is 3. The summed E-state index contributed by atoms with van der Waals surface area (Å²) in [5, 5.41) is 27.8. The highest BCUT2D eigenvalue weighted by molar-refractivity contribution is 5.76. The van der Waals surface area contributed by atoms with Gasteiger partial charge in [-0.25, -0.2) is 19.4 Å². The van der Waals surface area contributed by atoms with E-state index in [9.17, 15) is 14.7 Å². The van der Waals surface area contributed by atoms with Gasteiger partial charge in [-0.3, -0.25) is 0 Å². The van der Waals surface area contributed by atoms with E-state index in [2.05, 4.69) is 9.78 Å². The fourth-order valence-electron chi connectivity index (χ4n) is 1.95. The van der Waals surface area contributed by atoms with Gasteiger partial charge in [0.25, 0.3) is 0 Å². The molecule has 0 saturated heterocycles. The summed E-state index contributed by atoms with van der Waals surface area (Å²) in [5.41, 5.74) is 0. The predicted octanol–water partition coefficient (Wildman–Crippen LogP) is 1.09. The van der Waals surface area contributed by atoms with Gasteiger partial charge in [0.2, 0.25) is 0 Å². The molecule has 0 aromatic carbocycles. The molecule has 0 heterocycles. The van der Waals surface area contributed by atoms with Crippen molar-refractivity contribution in [2.24, 2.45) is 5.92 Å². The quantitative estimate of drug-likeness (QED) is 0.297. The Balaban J connectivity index is 4.39. The van der Waals surface area contributed by atoms with Crippen LogP contribution in [0.5, 0.6) is 0 Å². The number of aliphatic hydroxyl groups is 3. The van der Waals surface area contributed by atoms with Crippen molar-refractivity contribution in [2.45, 2.75) is 71.0 Å². The van der Waals surface area contributed by atoms with Crippen molar-refractivity contribution >= 4 is 11.9 Å². The molecule has 0 rings (SSSR count). The monoisotopic (exact) mass is 320 g/mol. The van der Waals surface area contributed by atoms with Gasteiger partial charge in [0.1, 0.15) is 0 Å². The lowest BCUT2D eigenvalue weighted by atomic mass is 9.92. The Morgan fingerprint density at radius 3 is 2.14 bits per heavy atom. The Hall–Kier alpha value is -1.18. The molecule has 0 radical (unpaired) electrons. The molecule has 3 atom stereocenters. The molecule has 0 saturated carbocycles. The maximum atomic E-state index is 11.9. The van der Waals surface area contributed by atoms with Crippen LogP contribution in [0.15, 0.2) is 0 Å². The van der Waals surface area contributed by atoms with E-state index in [1.807, 2.05) is 6.92 Å². The van der Waals surface area contributed by atoms with Gasteiger partial charge in [-0.15, -0.1) is 0 Å². The van der Waals surface area contributed by atoms with Crippen LogP contribution in [0.3, 0.4) is 0 Å². The van der Waals surface area contributed by atoms with Crippen molar-refractivity contribution in [2.75, 3.05) is 6.61 Å². The molecule has 7 heteroatoms. The number of carbonyl (C=O) groups is 2. The van der Waals surface area contributed by atoms with Crippen LogP contribution in [0.2, 0.25) is 0 Å². The molecule has 22 heavy (non-hydrogen) atoms. The maximum Gasteiger partial charge on any atom is 0.383 e. The Kier molecular flexibility index (Phi) is 11.7. The standard InChI is InChI=1S/C15H28O7/c1-3-4-8-12(13(18)9-6-5-7-10-16)15(20)22-21-14(19)11(2)17/h11-13,16-18H,3-10H2,1-2H3. The van der Waals surface area contributed by atoms with Crippen LogP contribution in [0, 0.1) is 5.92 Å². The minimum Gasteiger partial charge on any atom is -0.396 e. The highest BCUT2D eigenvalue weighted by Crippen LogP contribution is 2.20. The van der Waals surface area contributed by atoms with Crippen LogP contribution >= 0.6 is 0 Å². The topological polar surface area (TPSA) is 113 Å². The van der Waals surface area contributed by atoms with Crippen LogP contribution in [0.4, 0.5) is 0 Å². The smallest absolute Gasteiger partial charge is 0.383 e. The van der Waals surface area contributed by atoms with Gasteiger partial charge in [-0.1, -0.05) is 32.6 Å². The molecule has 0 aromatic rings. The lowest BCUT2D eigenvalue weighted by molar-refractivity contribution is -0.269. The summed E-state index contributed by atoms with van der Waals surface area (Å²) in [4.78, 5) is 31.6. The third kappa shape index (κ3) is 8.96. The summed E-state index contributed by atoms with van der Waals surface area (Å²) in [6.45, 7) is 3.26. The van der Waals surface area contributed by atoms with Crippen LogP contribution in [-0.2, 0) is 19.4 Å². The molecule has 3 N–H and O–H groups in total. The molecular formula is C15H28O7. The van der Waals surface area contributed by atoms with Crippen molar-refractivity contribution in [3.05, 3.63) is 0 Å². The predicted molar refractivity (Wildman–Crippen MR) is 78.4 cm³/mol. The first kappa shape index (κ1) is 20.8. The van der Waals surface area contributed by atoms with Crippen LogP contribution in [-0.4, -0.2) is 46.1 Å². The second kappa shape index (κ2) is 12.4. The number of carbonyl (C=O) groups excluding carboxylic acids is 2. The zero-order valence-corrected chi connectivity index (χ0v) is 13.4. The second-order valence-electron chi connectivity index (χ2n) is 5.37. The molecule has 130 valence electrons. The Bertz CT molecular complexity index is 317. The summed E-state index contributed by atoms with van der Waals surface area (Å²) in [6, 6.07) is 0. The van der Waals surface area contributed by atoms with Crippen LogP contribution in [0.1, 0.15) is 58.8 Å². The molecule has 0 fully saturated rings. The summed E-state index contributed by atoms with van der Waals surface area (Å²) in [6.07, 6.45) is 2.27.